The van der Waals surface area contributed by atoms with Gasteiger partial charge < -0.3 is 10.0 Å². The molecule has 0 unspecified atom stereocenters. The summed E-state index contributed by atoms with van der Waals surface area (Å²) in [5.41, 5.74) is 7.08. The van der Waals surface area contributed by atoms with Crippen molar-refractivity contribution in [3.63, 3.8) is 0 Å². The van der Waals surface area contributed by atoms with Crippen molar-refractivity contribution >= 4 is 16.8 Å². The quantitative estimate of drug-likeness (QED) is 0.280. The van der Waals surface area contributed by atoms with E-state index in [1.165, 1.54) is 12.1 Å². The zero-order chi connectivity index (χ0) is 26.1. The molecule has 0 aliphatic carbocycles. The Hall–Kier alpha value is -4.35. The number of hydrogen-bond acceptors (Lipinski definition) is 3. The Bertz CT molecular complexity index is 1560. The zero-order valence-corrected chi connectivity index (χ0v) is 20.8. The molecule has 4 nitrogen and oxygen atoms in total. The van der Waals surface area contributed by atoms with Crippen LogP contribution in [0, 0.1) is 5.82 Å². The number of pyridine rings is 1. The van der Waals surface area contributed by atoms with E-state index in [0.717, 1.165) is 44.3 Å². The molecule has 4 aromatic carbocycles. The third-order valence-electron chi connectivity index (χ3n) is 7.49. The van der Waals surface area contributed by atoms with Gasteiger partial charge in [0.25, 0.3) is 5.91 Å². The molecule has 0 spiro atoms. The number of halogens is 1. The number of aromatic nitrogens is 1. The number of benzene rings is 4. The number of nitrogens with zero attached hydrogens (tertiary/aromatic N) is 2. The third-order valence-corrected chi connectivity index (χ3v) is 7.49. The van der Waals surface area contributed by atoms with Crippen LogP contribution in [0.5, 0.6) is 0 Å². The number of aliphatic hydroxyl groups excluding tert-OH is 1. The fraction of sp³-hybridized carbons (Fsp3) is 0.152. The maximum Gasteiger partial charge on any atom is 0.255 e. The van der Waals surface area contributed by atoms with Crippen LogP contribution in [0.15, 0.2) is 103 Å². The van der Waals surface area contributed by atoms with Crippen LogP contribution < -0.4 is 0 Å². The van der Waals surface area contributed by atoms with Crippen molar-refractivity contribution in [1.82, 2.24) is 9.88 Å². The minimum absolute atomic E-state index is 0.0191. The van der Waals surface area contributed by atoms with Gasteiger partial charge in [0.15, 0.2) is 0 Å². The molecule has 188 valence electrons. The van der Waals surface area contributed by atoms with Gasteiger partial charge in [0.2, 0.25) is 0 Å². The highest BCUT2D eigenvalue weighted by Crippen LogP contribution is 2.40. The third kappa shape index (κ3) is 4.35. The van der Waals surface area contributed by atoms with Crippen LogP contribution in [0.25, 0.3) is 10.9 Å². The molecule has 6 rings (SSSR count). The van der Waals surface area contributed by atoms with Crippen LogP contribution in [-0.4, -0.2) is 20.9 Å². The average Bonchev–Trinajstić information content (AvgIpc) is 3.28. The highest BCUT2D eigenvalue weighted by molar-refractivity contribution is 6.05. The van der Waals surface area contributed by atoms with Crippen molar-refractivity contribution in [3.05, 3.63) is 148 Å². The van der Waals surface area contributed by atoms with Crippen molar-refractivity contribution in [1.29, 1.82) is 0 Å². The van der Waals surface area contributed by atoms with Crippen LogP contribution in [0.4, 0.5) is 4.39 Å². The first kappa shape index (κ1) is 24.0. The molecular weight excluding hydrogens is 475 g/mol. The lowest BCUT2D eigenvalue weighted by molar-refractivity contribution is 0.0765. The van der Waals surface area contributed by atoms with Gasteiger partial charge in [0, 0.05) is 30.6 Å². The first-order valence-electron chi connectivity index (χ1n) is 12.8. The molecular formula is C33H27FN2O2. The van der Waals surface area contributed by atoms with Gasteiger partial charge in [0.05, 0.1) is 17.7 Å². The van der Waals surface area contributed by atoms with Crippen molar-refractivity contribution in [2.24, 2.45) is 0 Å². The van der Waals surface area contributed by atoms with Crippen LogP contribution in [0.3, 0.4) is 0 Å². The first-order valence-corrected chi connectivity index (χ1v) is 12.8. The van der Waals surface area contributed by atoms with Crippen LogP contribution >= 0.6 is 0 Å². The van der Waals surface area contributed by atoms with Crippen molar-refractivity contribution in [2.75, 3.05) is 0 Å². The van der Waals surface area contributed by atoms with Gasteiger partial charge in [-0.2, -0.15) is 0 Å². The number of hydrogen-bond donors (Lipinski definition) is 1. The first-order chi connectivity index (χ1) is 18.6. The van der Waals surface area contributed by atoms with Gasteiger partial charge in [-0.05, 0) is 58.0 Å². The largest absolute Gasteiger partial charge is 0.392 e. The lowest BCUT2D eigenvalue weighted by Crippen LogP contribution is -2.24. The molecule has 0 bridgehead atoms. The van der Waals surface area contributed by atoms with Gasteiger partial charge in [-0.3, -0.25) is 9.78 Å². The topological polar surface area (TPSA) is 53.4 Å². The molecule has 1 amide bonds. The average molecular weight is 503 g/mol. The second kappa shape index (κ2) is 10.2. The Morgan fingerprint density at radius 3 is 2.13 bits per heavy atom. The zero-order valence-electron chi connectivity index (χ0n) is 20.8. The minimum atomic E-state index is -0.306. The summed E-state index contributed by atoms with van der Waals surface area (Å²) in [4.78, 5) is 20.5. The highest BCUT2D eigenvalue weighted by Gasteiger charge is 2.35. The van der Waals surface area contributed by atoms with Crippen LogP contribution in [-0.2, 0) is 26.1 Å². The Labute approximate surface area is 221 Å². The van der Waals surface area contributed by atoms with E-state index < -0.39 is 0 Å². The Morgan fingerprint density at radius 2 is 1.50 bits per heavy atom. The van der Waals surface area contributed by atoms with Gasteiger partial charge in [-0.1, -0.05) is 78.9 Å². The monoisotopic (exact) mass is 502 g/mol. The smallest absolute Gasteiger partial charge is 0.255 e. The van der Waals surface area contributed by atoms with Crippen LogP contribution in [0.2, 0.25) is 0 Å². The standard InChI is InChI=1S/C33H27FN2O2/c34-25-15-13-22(14-16-25)19-36-20-29-30(21-37)26-12-7-17-35-32(26)28(31(29)33(36)38)18-27(23-8-3-1-4-9-23)24-10-5-2-6-11-24/h1-17,27,37H,18-21H2. The van der Waals surface area contributed by atoms with E-state index in [1.807, 2.05) is 48.5 Å². The summed E-state index contributed by atoms with van der Waals surface area (Å²) in [6.07, 6.45) is 2.33. The molecule has 1 N–H and O–H groups in total. The van der Waals surface area contributed by atoms with E-state index in [1.54, 1.807) is 23.2 Å². The lowest BCUT2D eigenvalue weighted by atomic mass is 9.82. The maximum absolute atomic E-state index is 14.0. The summed E-state index contributed by atoms with van der Waals surface area (Å²) in [6.45, 7) is 0.576. The summed E-state index contributed by atoms with van der Waals surface area (Å²) in [5, 5.41) is 11.3. The molecule has 1 aliphatic heterocycles. The molecule has 1 aromatic heterocycles. The van der Waals surface area contributed by atoms with E-state index in [0.29, 0.717) is 25.1 Å². The Balaban J connectivity index is 1.50. The van der Waals surface area contributed by atoms with Gasteiger partial charge >= 0.3 is 0 Å². The van der Waals surface area contributed by atoms with Crippen molar-refractivity contribution in [3.8, 4) is 0 Å². The number of rotatable bonds is 7. The van der Waals surface area contributed by atoms with E-state index in [-0.39, 0.29) is 24.2 Å². The predicted molar refractivity (Wildman–Crippen MR) is 146 cm³/mol. The fourth-order valence-corrected chi connectivity index (χ4v) is 5.68. The molecule has 0 atom stereocenters. The number of carbonyl (C=O) groups excluding carboxylic acids is 1. The molecule has 5 heteroatoms. The summed E-state index contributed by atoms with van der Waals surface area (Å²) >= 11 is 0. The molecule has 38 heavy (non-hydrogen) atoms. The molecule has 2 heterocycles. The minimum Gasteiger partial charge on any atom is -0.392 e. The summed E-state index contributed by atoms with van der Waals surface area (Å²) < 4.78 is 13.5. The summed E-state index contributed by atoms with van der Waals surface area (Å²) in [5.74, 6) is -0.369. The molecule has 1 aliphatic rings. The normalized spacial score (nSPS) is 12.9. The number of carbonyl (C=O) groups is 1. The van der Waals surface area contributed by atoms with Crippen molar-refractivity contribution < 1.29 is 14.3 Å². The molecule has 5 aromatic rings. The molecule has 0 radical (unpaired) electrons. The SMILES string of the molecule is O=C1c2c(c(CO)c3cccnc3c2CC(c2ccccc2)c2ccccc2)CN1Cc1ccc(F)cc1. The summed E-state index contributed by atoms with van der Waals surface area (Å²) in [6, 6.07) is 30.7. The predicted octanol–water partition coefficient (Wildman–Crippen LogP) is 6.40. The molecule has 0 saturated carbocycles. The molecule has 0 saturated heterocycles. The second-order valence-corrected chi connectivity index (χ2v) is 9.73. The number of aliphatic hydroxyl groups is 1. The molecule has 0 fully saturated rings. The van der Waals surface area contributed by atoms with Gasteiger partial charge in [0.1, 0.15) is 5.82 Å². The number of fused-ring (bicyclic) bond motifs is 2. The Kier molecular flexibility index (Phi) is 6.44. The van der Waals surface area contributed by atoms with E-state index >= 15 is 0 Å². The highest BCUT2D eigenvalue weighted by atomic mass is 19.1. The van der Waals surface area contributed by atoms with Gasteiger partial charge in [-0.25, -0.2) is 4.39 Å². The fourth-order valence-electron chi connectivity index (χ4n) is 5.68. The van der Waals surface area contributed by atoms with Crippen molar-refractivity contribution in [2.45, 2.75) is 32.0 Å². The maximum atomic E-state index is 14.0. The summed E-state index contributed by atoms with van der Waals surface area (Å²) in [7, 11) is 0. The van der Waals surface area contributed by atoms with Gasteiger partial charge in [-0.15, -0.1) is 0 Å². The van der Waals surface area contributed by atoms with E-state index in [2.05, 4.69) is 24.3 Å². The number of amides is 1. The second-order valence-electron chi connectivity index (χ2n) is 9.73. The van der Waals surface area contributed by atoms with Crippen LogP contribution in [0.1, 0.15) is 49.7 Å². The Morgan fingerprint density at radius 1 is 0.842 bits per heavy atom. The van der Waals surface area contributed by atoms with E-state index in [9.17, 15) is 14.3 Å². The lowest BCUT2D eigenvalue weighted by Gasteiger charge is -2.22. The van der Waals surface area contributed by atoms with E-state index in [4.69, 9.17) is 4.98 Å².